The lowest BCUT2D eigenvalue weighted by Crippen LogP contribution is -2.08. The summed E-state index contributed by atoms with van der Waals surface area (Å²) in [5.74, 6) is -0.0914. The third kappa shape index (κ3) is 4.20. The molecule has 0 aliphatic rings. The number of carboxylic acid groups (broad SMARTS) is 1. The van der Waals surface area contributed by atoms with Gasteiger partial charge in [-0.25, -0.2) is 4.79 Å². The minimum atomic E-state index is -0.906. The van der Waals surface area contributed by atoms with E-state index in [1.807, 2.05) is 42.5 Å². The van der Waals surface area contributed by atoms with Gasteiger partial charge < -0.3 is 9.84 Å². The van der Waals surface area contributed by atoms with Crippen LogP contribution < -0.4 is 4.74 Å². The Morgan fingerprint density at radius 3 is 2.65 bits per heavy atom. The summed E-state index contributed by atoms with van der Waals surface area (Å²) in [4.78, 5) is 16.0. The van der Waals surface area contributed by atoms with Crippen LogP contribution in [0.2, 0.25) is 0 Å². The topological polar surface area (TPSA) is 59.4 Å². The minimum Gasteiger partial charge on any atom is -0.492 e. The fourth-order valence-corrected chi connectivity index (χ4v) is 3.02. The maximum atomic E-state index is 11.3. The number of aromatic nitrogens is 1. The van der Waals surface area contributed by atoms with Gasteiger partial charge in [-0.1, -0.05) is 43.7 Å². The molecule has 0 radical (unpaired) electrons. The van der Waals surface area contributed by atoms with Gasteiger partial charge in [0.25, 0.3) is 0 Å². The quantitative estimate of drug-likeness (QED) is 0.628. The van der Waals surface area contributed by atoms with E-state index >= 15 is 0 Å². The van der Waals surface area contributed by atoms with Crippen molar-refractivity contribution < 1.29 is 14.6 Å². The Morgan fingerprint density at radius 1 is 1.08 bits per heavy atom. The van der Waals surface area contributed by atoms with Crippen LogP contribution in [-0.4, -0.2) is 22.7 Å². The fourth-order valence-electron chi connectivity index (χ4n) is 3.02. The molecule has 26 heavy (non-hydrogen) atoms. The monoisotopic (exact) mass is 349 g/mol. The lowest BCUT2D eigenvalue weighted by atomic mass is 10.1. The Bertz CT molecular complexity index is 905. The molecule has 0 aliphatic heterocycles. The van der Waals surface area contributed by atoms with E-state index < -0.39 is 5.97 Å². The van der Waals surface area contributed by atoms with Crippen LogP contribution in [0.1, 0.15) is 41.4 Å². The summed E-state index contributed by atoms with van der Waals surface area (Å²) in [6.07, 6.45) is 3.69. The molecule has 0 saturated heterocycles. The molecule has 0 aliphatic carbocycles. The largest absolute Gasteiger partial charge is 0.492 e. The van der Waals surface area contributed by atoms with Crippen molar-refractivity contribution in [1.29, 1.82) is 0 Å². The highest BCUT2D eigenvalue weighted by Crippen LogP contribution is 2.26. The molecule has 4 heteroatoms. The van der Waals surface area contributed by atoms with E-state index in [1.165, 1.54) is 0 Å². The molecule has 1 N–H and O–H groups in total. The van der Waals surface area contributed by atoms with Crippen molar-refractivity contribution in [1.82, 2.24) is 4.98 Å². The summed E-state index contributed by atoms with van der Waals surface area (Å²) < 4.78 is 6.05. The van der Waals surface area contributed by atoms with Gasteiger partial charge in [0, 0.05) is 23.6 Å². The van der Waals surface area contributed by atoms with Crippen molar-refractivity contribution in [2.45, 2.75) is 32.6 Å². The maximum absolute atomic E-state index is 11.3. The Hall–Kier alpha value is -2.88. The molecular formula is C22H23NO3. The van der Waals surface area contributed by atoms with E-state index in [0.717, 1.165) is 47.2 Å². The van der Waals surface area contributed by atoms with E-state index in [-0.39, 0.29) is 0 Å². The molecular weight excluding hydrogens is 326 g/mol. The predicted octanol–water partition coefficient (Wildman–Crippen LogP) is 4.90. The molecule has 1 aromatic heterocycles. The summed E-state index contributed by atoms with van der Waals surface area (Å²) in [6.45, 7) is 2.59. The minimum absolute atomic E-state index is 0.333. The van der Waals surface area contributed by atoms with Crippen LogP contribution in [-0.2, 0) is 12.8 Å². The van der Waals surface area contributed by atoms with E-state index in [2.05, 4.69) is 6.92 Å². The number of aromatic carboxylic acids is 1. The first-order valence-corrected chi connectivity index (χ1v) is 9.01. The van der Waals surface area contributed by atoms with Crippen LogP contribution >= 0.6 is 0 Å². The predicted molar refractivity (Wildman–Crippen MR) is 103 cm³/mol. The molecule has 0 amide bonds. The summed E-state index contributed by atoms with van der Waals surface area (Å²) >= 11 is 0. The van der Waals surface area contributed by atoms with Gasteiger partial charge in [0.15, 0.2) is 0 Å². The standard InChI is InChI=1S/C22H23NO3/c1-2-3-9-17-15-21(19-11-6-7-12-20(19)23-17)26-14-13-16-8-4-5-10-18(16)22(24)25/h4-8,10-12,15H,2-3,9,13-14H2,1H3,(H,24,25). The van der Waals surface area contributed by atoms with Crippen LogP contribution in [0.25, 0.3) is 10.9 Å². The number of rotatable bonds is 8. The van der Waals surface area contributed by atoms with E-state index in [9.17, 15) is 9.90 Å². The number of unbranched alkanes of at least 4 members (excludes halogenated alkanes) is 1. The van der Waals surface area contributed by atoms with Crippen molar-refractivity contribution in [3.63, 3.8) is 0 Å². The van der Waals surface area contributed by atoms with Crippen LogP contribution in [0, 0.1) is 0 Å². The van der Waals surface area contributed by atoms with Crippen LogP contribution in [0.5, 0.6) is 5.75 Å². The molecule has 3 rings (SSSR count). The van der Waals surface area contributed by atoms with Crippen LogP contribution in [0.3, 0.4) is 0 Å². The highest BCUT2D eigenvalue weighted by atomic mass is 16.5. The van der Waals surface area contributed by atoms with Crippen LogP contribution in [0.4, 0.5) is 0 Å². The Labute approximate surface area is 153 Å². The number of fused-ring (bicyclic) bond motifs is 1. The fraction of sp³-hybridized carbons (Fsp3) is 0.273. The lowest BCUT2D eigenvalue weighted by molar-refractivity contribution is 0.0695. The second-order valence-electron chi connectivity index (χ2n) is 6.29. The normalized spacial score (nSPS) is 10.8. The summed E-state index contributed by atoms with van der Waals surface area (Å²) in [6, 6.07) is 17.0. The van der Waals surface area contributed by atoms with Gasteiger partial charge in [0.05, 0.1) is 17.7 Å². The first-order chi connectivity index (χ1) is 12.7. The van der Waals surface area contributed by atoms with E-state index in [1.54, 1.807) is 12.1 Å². The van der Waals surface area contributed by atoms with Gasteiger partial charge in [-0.2, -0.15) is 0 Å². The summed E-state index contributed by atoms with van der Waals surface area (Å²) in [5, 5.41) is 10.3. The molecule has 0 unspecified atom stereocenters. The average Bonchev–Trinajstić information content (AvgIpc) is 2.66. The zero-order valence-corrected chi connectivity index (χ0v) is 14.9. The second-order valence-corrected chi connectivity index (χ2v) is 6.29. The van der Waals surface area contributed by atoms with Gasteiger partial charge in [-0.15, -0.1) is 0 Å². The summed E-state index contributed by atoms with van der Waals surface area (Å²) in [5.41, 5.74) is 3.08. The third-order valence-corrected chi connectivity index (χ3v) is 4.39. The smallest absolute Gasteiger partial charge is 0.335 e. The molecule has 134 valence electrons. The Balaban J connectivity index is 1.79. The molecule has 0 saturated carbocycles. The van der Waals surface area contributed by atoms with Crippen molar-refractivity contribution in [2.75, 3.05) is 6.61 Å². The molecule has 0 spiro atoms. The van der Waals surface area contributed by atoms with Gasteiger partial charge in [0.1, 0.15) is 5.75 Å². The number of nitrogens with zero attached hydrogens (tertiary/aromatic N) is 1. The van der Waals surface area contributed by atoms with Crippen molar-refractivity contribution in [3.05, 3.63) is 71.4 Å². The number of benzene rings is 2. The Kier molecular flexibility index (Phi) is 5.84. The van der Waals surface area contributed by atoms with Crippen molar-refractivity contribution in [3.8, 4) is 5.75 Å². The number of pyridine rings is 1. The third-order valence-electron chi connectivity index (χ3n) is 4.39. The highest BCUT2D eigenvalue weighted by molar-refractivity contribution is 5.89. The molecule has 3 aromatic rings. The van der Waals surface area contributed by atoms with Crippen molar-refractivity contribution in [2.24, 2.45) is 0 Å². The Morgan fingerprint density at radius 2 is 1.85 bits per heavy atom. The number of aryl methyl sites for hydroxylation is 1. The molecule has 0 fully saturated rings. The average molecular weight is 349 g/mol. The summed E-state index contributed by atoms with van der Waals surface area (Å²) in [7, 11) is 0. The number of hydrogen-bond acceptors (Lipinski definition) is 3. The van der Waals surface area contributed by atoms with Gasteiger partial charge >= 0.3 is 5.97 Å². The lowest BCUT2D eigenvalue weighted by Gasteiger charge is -2.12. The number of carbonyl (C=O) groups is 1. The van der Waals surface area contributed by atoms with Gasteiger partial charge in [0.2, 0.25) is 0 Å². The molecule has 1 heterocycles. The zero-order chi connectivity index (χ0) is 18.4. The first-order valence-electron chi connectivity index (χ1n) is 9.01. The van der Waals surface area contributed by atoms with Gasteiger partial charge in [-0.05, 0) is 36.6 Å². The second kappa shape index (κ2) is 8.48. The maximum Gasteiger partial charge on any atom is 0.335 e. The highest BCUT2D eigenvalue weighted by Gasteiger charge is 2.10. The SMILES string of the molecule is CCCCc1cc(OCCc2ccccc2C(=O)O)c2ccccc2n1. The van der Waals surface area contributed by atoms with Crippen molar-refractivity contribution >= 4 is 16.9 Å². The molecule has 0 bridgehead atoms. The van der Waals surface area contributed by atoms with Gasteiger partial charge in [-0.3, -0.25) is 4.98 Å². The number of hydrogen-bond donors (Lipinski definition) is 1. The number of para-hydroxylation sites is 1. The van der Waals surface area contributed by atoms with Crippen LogP contribution in [0.15, 0.2) is 54.6 Å². The molecule has 2 aromatic carbocycles. The molecule has 4 nitrogen and oxygen atoms in total. The number of carboxylic acids is 1. The molecule has 0 atom stereocenters. The zero-order valence-electron chi connectivity index (χ0n) is 14.9. The van der Waals surface area contributed by atoms with E-state index in [4.69, 9.17) is 9.72 Å². The van der Waals surface area contributed by atoms with E-state index in [0.29, 0.717) is 18.6 Å². The first kappa shape index (κ1) is 17.9. The number of ether oxygens (including phenoxy) is 1.